The van der Waals surface area contributed by atoms with Crippen molar-refractivity contribution in [3.63, 3.8) is 0 Å². The lowest BCUT2D eigenvalue weighted by molar-refractivity contribution is 0.442. The molecule has 0 spiro atoms. The van der Waals surface area contributed by atoms with Gasteiger partial charge in [0.05, 0.1) is 4.90 Å². The van der Waals surface area contributed by atoms with Gasteiger partial charge in [0.1, 0.15) is 14.7 Å². The average Bonchev–Trinajstić information content (AvgIpc) is 2.86. The number of sulfone groups is 1. The molecule has 4 aromatic carbocycles. The highest BCUT2D eigenvalue weighted by Crippen LogP contribution is 2.40. The summed E-state index contributed by atoms with van der Waals surface area (Å²) in [6.45, 7) is 0. The summed E-state index contributed by atoms with van der Waals surface area (Å²) in [4.78, 5) is -1.20. The van der Waals surface area contributed by atoms with Crippen LogP contribution in [0.5, 0.6) is 11.5 Å². The predicted molar refractivity (Wildman–Crippen MR) is 127 cm³/mol. The Morgan fingerprint density at radius 2 is 0.857 bits per heavy atom. The summed E-state index contributed by atoms with van der Waals surface area (Å²) in [5.41, 5.74) is 0. The van der Waals surface area contributed by atoms with Gasteiger partial charge in [0.15, 0.2) is 5.75 Å². The first kappa shape index (κ1) is 24.5. The van der Waals surface area contributed by atoms with E-state index in [9.17, 15) is 25.3 Å². The summed E-state index contributed by atoms with van der Waals surface area (Å²) in [6.07, 6.45) is 0. The van der Waals surface area contributed by atoms with Crippen LogP contribution in [-0.2, 0) is 30.1 Å². The minimum atomic E-state index is -4.56. The standard InChI is InChI=1S/C24H18O8S3/c25-33(26,19-11-4-1-5-12-19)23-18-10-17-22(31-34(27,28)20-13-6-2-7-14-20)24(23)32-35(29,30)21-15-8-3-9-16-21/h1-18H. The largest absolute Gasteiger partial charge is 0.375 e. The number of hydrogen-bond donors (Lipinski definition) is 0. The molecule has 35 heavy (non-hydrogen) atoms. The highest BCUT2D eigenvalue weighted by molar-refractivity contribution is 7.91. The number of hydrogen-bond acceptors (Lipinski definition) is 8. The van der Waals surface area contributed by atoms with Crippen LogP contribution in [0, 0.1) is 0 Å². The molecule has 0 unspecified atom stereocenters. The molecule has 4 rings (SSSR count). The Hall–Kier alpha value is -3.67. The van der Waals surface area contributed by atoms with Gasteiger partial charge in [0.2, 0.25) is 15.6 Å². The molecular weight excluding hydrogens is 512 g/mol. The minimum absolute atomic E-state index is 0.148. The van der Waals surface area contributed by atoms with Crippen molar-refractivity contribution < 1.29 is 33.6 Å². The van der Waals surface area contributed by atoms with Gasteiger partial charge < -0.3 is 8.37 Å². The number of benzene rings is 4. The molecule has 0 aliphatic carbocycles. The van der Waals surface area contributed by atoms with E-state index in [2.05, 4.69) is 0 Å². The van der Waals surface area contributed by atoms with Crippen molar-refractivity contribution in [2.45, 2.75) is 19.6 Å². The van der Waals surface area contributed by atoms with Crippen LogP contribution in [0.15, 0.2) is 129 Å². The lowest BCUT2D eigenvalue weighted by Crippen LogP contribution is -2.16. The first-order valence-corrected chi connectivity index (χ1v) is 14.3. The van der Waals surface area contributed by atoms with Gasteiger partial charge in [-0.1, -0.05) is 60.7 Å². The summed E-state index contributed by atoms with van der Waals surface area (Å²) in [5, 5.41) is 0. The molecule has 8 nitrogen and oxygen atoms in total. The van der Waals surface area contributed by atoms with E-state index >= 15 is 0 Å². The summed E-state index contributed by atoms with van der Waals surface area (Å²) in [6, 6.07) is 24.8. The Morgan fingerprint density at radius 3 is 1.34 bits per heavy atom. The van der Waals surface area contributed by atoms with Crippen molar-refractivity contribution in [2.24, 2.45) is 0 Å². The molecule has 0 aliphatic heterocycles. The summed E-state index contributed by atoms with van der Waals surface area (Å²) in [7, 11) is -13.3. The first-order valence-electron chi connectivity index (χ1n) is 10.0. The van der Waals surface area contributed by atoms with E-state index in [-0.39, 0.29) is 14.7 Å². The van der Waals surface area contributed by atoms with E-state index in [1.807, 2.05) is 0 Å². The highest BCUT2D eigenvalue weighted by Gasteiger charge is 2.31. The summed E-state index contributed by atoms with van der Waals surface area (Å²) < 4.78 is 88.9. The van der Waals surface area contributed by atoms with Gasteiger partial charge >= 0.3 is 20.2 Å². The maximum absolute atomic E-state index is 13.4. The molecule has 0 N–H and O–H groups in total. The van der Waals surface area contributed by atoms with Crippen molar-refractivity contribution >= 4 is 30.1 Å². The van der Waals surface area contributed by atoms with Gasteiger partial charge in [0, 0.05) is 0 Å². The van der Waals surface area contributed by atoms with Crippen molar-refractivity contribution in [3.05, 3.63) is 109 Å². The maximum atomic E-state index is 13.4. The minimum Gasteiger partial charge on any atom is -0.375 e. The zero-order chi connectivity index (χ0) is 25.1. The maximum Gasteiger partial charge on any atom is 0.339 e. The van der Waals surface area contributed by atoms with Crippen LogP contribution in [-0.4, -0.2) is 25.3 Å². The molecule has 180 valence electrons. The second-order valence-electron chi connectivity index (χ2n) is 7.10. The fourth-order valence-corrected chi connectivity index (χ4v) is 6.48. The van der Waals surface area contributed by atoms with Crippen molar-refractivity contribution in [3.8, 4) is 11.5 Å². The third kappa shape index (κ3) is 5.21. The Labute approximate surface area is 203 Å². The van der Waals surface area contributed by atoms with Crippen molar-refractivity contribution in [1.29, 1.82) is 0 Å². The molecule has 0 aromatic heterocycles. The smallest absolute Gasteiger partial charge is 0.339 e. The molecule has 0 aliphatic rings. The van der Waals surface area contributed by atoms with Gasteiger partial charge in [-0.25, -0.2) is 8.42 Å². The molecule has 4 aromatic rings. The second-order valence-corrected chi connectivity index (χ2v) is 12.1. The molecule has 0 radical (unpaired) electrons. The van der Waals surface area contributed by atoms with E-state index in [1.54, 1.807) is 18.2 Å². The van der Waals surface area contributed by atoms with Gasteiger partial charge in [-0.15, -0.1) is 0 Å². The number of rotatable bonds is 8. The molecule has 0 amide bonds. The first-order chi connectivity index (χ1) is 16.6. The van der Waals surface area contributed by atoms with Crippen molar-refractivity contribution in [1.82, 2.24) is 0 Å². The zero-order valence-corrected chi connectivity index (χ0v) is 20.3. The van der Waals surface area contributed by atoms with Crippen LogP contribution in [0.25, 0.3) is 0 Å². The van der Waals surface area contributed by atoms with Crippen LogP contribution in [0.2, 0.25) is 0 Å². The van der Waals surface area contributed by atoms with E-state index in [0.29, 0.717) is 0 Å². The third-order valence-electron chi connectivity index (χ3n) is 4.74. The molecule has 0 bridgehead atoms. The second kappa shape index (κ2) is 9.53. The van der Waals surface area contributed by atoms with Gasteiger partial charge in [0.25, 0.3) is 0 Å². The monoisotopic (exact) mass is 530 g/mol. The van der Waals surface area contributed by atoms with Crippen LogP contribution < -0.4 is 8.37 Å². The topological polar surface area (TPSA) is 121 Å². The third-order valence-corrected chi connectivity index (χ3v) is 9.02. The predicted octanol–water partition coefficient (Wildman–Crippen LogP) is 4.05. The normalized spacial score (nSPS) is 12.1. The average molecular weight is 531 g/mol. The van der Waals surface area contributed by atoms with Crippen LogP contribution in [0.4, 0.5) is 0 Å². The van der Waals surface area contributed by atoms with Crippen LogP contribution in [0.3, 0.4) is 0 Å². The van der Waals surface area contributed by atoms with Crippen molar-refractivity contribution in [2.75, 3.05) is 0 Å². The van der Waals surface area contributed by atoms with Crippen LogP contribution in [0.1, 0.15) is 0 Å². The molecule has 0 atom stereocenters. The summed E-state index contributed by atoms with van der Waals surface area (Å²) >= 11 is 0. The molecule has 0 saturated heterocycles. The molecule has 0 saturated carbocycles. The summed E-state index contributed by atoms with van der Waals surface area (Å²) in [5.74, 6) is -1.38. The van der Waals surface area contributed by atoms with E-state index in [0.717, 1.165) is 12.1 Å². The van der Waals surface area contributed by atoms with E-state index < -0.39 is 46.5 Å². The Kier molecular flexibility index (Phi) is 6.66. The Balaban J connectivity index is 1.90. The van der Waals surface area contributed by atoms with Gasteiger partial charge in [-0.05, 0) is 48.5 Å². The van der Waals surface area contributed by atoms with Gasteiger partial charge in [-0.2, -0.15) is 16.8 Å². The Morgan fingerprint density at radius 1 is 0.429 bits per heavy atom. The van der Waals surface area contributed by atoms with E-state index in [4.69, 9.17) is 8.37 Å². The highest BCUT2D eigenvalue weighted by atomic mass is 32.2. The molecule has 0 heterocycles. The van der Waals surface area contributed by atoms with E-state index in [1.165, 1.54) is 78.9 Å². The molecule has 11 heteroatoms. The van der Waals surface area contributed by atoms with Gasteiger partial charge in [-0.3, -0.25) is 0 Å². The lowest BCUT2D eigenvalue weighted by Gasteiger charge is -2.16. The number of para-hydroxylation sites is 1. The molecule has 0 fully saturated rings. The Bertz CT molecular complexity index is 1650. The fourth-order valence-electron chi connectivity index (χ4n) is 3.08. The van der Waals surface area contributed by atoms with Crippen LogP contribution >= 0.6 is 0 Å². The zero-order valence-electron chi connectivity index (χ0n) is 17.9. The quantitative estimate of drug-likeness (QED) is 0.313. The molecular formula is C24H18O8S3. The fraction of sp³-hybridized carbons (Fsp3) is 0. The lowest BCUT2D eigenvalue weighted by atomic mass is 10.3. The SMILES string of the molecule is O=S(=O)(Oc1cccc(S(=O)(=O)c2ccccc2)c1OS(=O)(=O)c1ccccc1)c1ccccc1.